The molecule has 0 spiro atoms. The maximum atomic E-state index is 10.8. The highest BCUT2D eigenvalue weighted by molar-refractivity contribution is 9.10. The van der Waals surface area contributed by atoms with E-state index >= 15 is 0 Å². The second-order valence-electron chi connectivity index (χ2n) is 3.13. The lowest BCUT2D eigenvalue weighted by Crippen LogP contribution is -1.96. The monoisotopic (exact) mass is 316 g/mol. The van der Waals surface area contributed by atoms with E-state index in [-0.39, 0.29) is 10.6 Å². The van der Waals surface area contributed by atoms with E-state index < -0.39 is 5.97 Å². The summed E-state index contributed by atoms with van der Waals surface area (Å²) in [6, 6.07) is 6.92. The van der Waals surface area contributed by atoms with Gasteiger partial charge in [0.1, 0.15) is 0 Å². The standard InChI is InChI=1S/C11H6BrClO2S/c12-7-4-10(16-5-7)6-1-2-8(11(14)15)9(13)3-6/h1-5H,(H,14,15). The summed E-state index contributed by atoms with van der Waals surface area (Å²) in [5.41, 5.74) is 1.05. The molecule has 0 saturated carbocycles. The lowest BCUT2D eigenvalue weighted by molar-refractivity contribution is 0.0697. The van der Waals surface area contributed by atoms with Gasteiger partial charge in [0.15, 0.2) is 0 Å². The third-order valence-electron chi connectivity index (χ3n) is 2.05. The van der Waals surface area contributed by atoms with Crippen LogP contribution in [0.25, 0.3) is 10.4 Å². The predicted octanol–water partition coefficient (Wildman–Crippen LogP) is 4.53. The van der Waals surface area contributed by atoms with Gasteiger partial charge >= 0.3 is 5.97 Å². The highest BCUT2D eigenvalue weighted by atomic mass is 79.9. The van der Waals surface area contributed by atoms with E-state index in [1.807, 2.05) is 11.4 Å². The van der Waals surface area contributed by atoms with E-state index in [1.54, 1.807) is 23.5 Å². The fraction of sp³-hybridized carbons (Fsp3) is 0. The molecule has 82 valence electrons. The van der Waals surface area contributed by atoms with Crippen LogP contribution >= 0.6 is 38.9 Å². The van der Waals surface area contributed by atoms with Crippen LogP contribution in [-0.4, -0.2) is 11.1 Å². The van der Waals surface area contributed by atoms with E-state index in [0.717, 1.165) is 14.9 Å². The largest absolute Gasteiger partial charge is 0.478 e. The molecule has 0 fully saturated rings. The molecular weight excluding hydrogens is 312 g/mol. The van der Waals surface area contributed by atoms with Crippen molar-refractivity contribution in [1.82, 2.24) is 0 Å². The molecule has 1 aromatic carbocycles. The summed E-state index contributed by atoms with van der Waals surface area (Å²) in [6.45, 7) is 0. The maximum Gasteiger partial charge on any atom is 0.337 e. The third-order valence-corrected chi connectivity index (χ3v) is 4.10. The van der Waals surface area contributed by atoms with Gasteiger partial charge in [-0.1, -0.05) is 17.7 Å². The zero-order valence-electron chi connectivity index (χ0n) is 7.91. The van der Waals surface area contributed by atoms with E-state index in [0.29, 0.717) is 0 Å². The van der Waals surface area contributed by atoms with Crippen molar-refractivity contribution in [3.8, 4) is 10.4 Å². The normalized spacial score (nSPS) is 10.4. The van der Waals surface area contributed by atoms with Gasteiger partial charge < -0.3 is 5.11 Å². The summed E-state index contributed by atoms with van der Waals surface area (Å²) in [4.78, 5) is 11.8. The fourth-order valence-corrected chi connectivity index (χ4v) is 2.99. The van der Waals surface area contributed by atoms with Crippen LogP contribution in [0.5, 0.6) is 0 Å². The number of halogens is 2. The minimum absolute atomic E-state index is 0.126. The molecule has 0 aliphatic rings. The molecule has 0 aliphatic carbocycles. The molecule has 5 heteroatoms. The molecule has 0 unspecified atom stereocenters. The van der Waals surface area contributed by atoms with Crippen molar-refractivity contribution in [2.75, 3.05) is 0 Å². The lowest BCUT2D eigenvalue weighted by atomic mass is 10.1. The Morgan fingerprint density at radius 1 is 1.38 bits per heavy atom. The Balaban J connectivity index is 2.45. The Morgan fingerprint density at radius 3 is 2.62 bits per heavy atom. The summed E-state index contributed by atoms with van der Waals surface area (Å²) < 4.78 is 1.01. The first-order chi connectivity index (χ1) is 7.58. The minimum Gasteiger partial charge on any atom is -0.478 e. The molecule has 2 aromatic rings. The maximum absolute atomic E-state index is 10.8. The summed E-state index contributed by atoms with van der Waals surface area (Å²) in [6.07, 6.45) is 0. The molecule has 0 atom stereocenters. The van der Waals surface area contributed by atoms with Crippen LogP contribution in [0.1, 0.15) is 10.4 Å². The number of carbonyl (C=O) groups is 1. The van der Waals surface area contributed by atoms with Gasteiger partial charge in [-0.05, 0) is 39.7 Å². The van der Waals surface area contributed by atoms with Crippen LogP contribution in [0.2, 0.25) is 5.02 Å². The van der Waals surface area contributed by atoms with Gasteiger partial charge in [-0.3, -0.25) is 0 Å². The Kier molecular flexibility index (Phi) is 3.33. The van der Waals surface area contributed by atoms with Crippen LogP contribution in [0.15, 0.2) is 34.1 Å². The van der Waals surface area contributed by atoms with Gasteiger partial charge in [0.2, 0.25) is 0 Å². The second kappa shape index (κ2) is 4.57. The molecule has 1 aromatic heterocycles. The van der Waals surface area contributed by atoms with Crippen molar-refractivity contribution >= 4 is 44.8 Å². The first-order valence-electron chi connectivity index (χ1n) is 4.35. The van der Waals surface area contributed by atoms with Crippen LogP contribution in [0, 0.1) is 0 Å². The molecule has 0 bridgehead atoms. The van der Waals surface area contributed by atoms with Gasteiger partial charge in [-0.2, -0.15) is 0 Å². The number of carboxylic acid groups (broad SMARTS) is 1. The van der Waals surface area contributed by atoms with E-state index in [4.69, 9.17) is 16.7 Å². The first-order valence-corrected chi connectivity index (χ1v) is 6.40. The molecule has 1 N–H and O–H groups in total. The molecule has 16 heavy (non-hydrogen) atoms. The van der Waals surface area contributed by atoms with Gasteiger partial charge in [0.25, 0.3) is 0 Å². The quantitative estimate of drug-likeness (QED) is 0.883. The first kappa shape index (κ1) is 11.6. The third kappa shape index (κ3) is 2.29. The summed E-state index contributed by atoms with van der Waals surface area (Å²) >= 11 is 10.8. The molecule has 2 rings (SSSR count). The highest BCUT2D eigenvalue weighted by Crippen LogP contribution is 2.32. The number of rotatable bonds is 2. The Labute approximate surface area is 110 Å². The molecule has 0 aliphatic heterocycles. The van der Waals surface area contributed by atoms with Crippen LogP contribution in [0.3, 0.4) is 0 Å². The minimum atomic E-state index is -1.01. The Morgan fingerprint density at radius 2 is 2.12 bits per heavy atom. The van der Waals surface area contributed by atoms with E-state index in [1.165, 1.54) is 6.07 Å². The molecule has 1 heterocycles. The van der Waals surface area contributed by atoms with Crippen LogP contribution in [0.4, 0.5) is 0 Å². The Hall–Kier alpha value is -0.840. The van der Waals surface area contributed by atoms with Gasteiger partial charge in [0, 0.05) is 14.7 Å². The average Bonchev–Trinajstić information content (AvgIpc) is 2.64. The zero-order valence-corrected chi connectivity index (χ0v) is 11.1. The number of hydrogen-bond acceptors (Lipinski definition) is 2. The van der Waals surface area contributed by atoms with Gasteiger partial charge in [-0.15, -0.1) is 11.3 Å². The number of aromatic carboxylic acids is 1. The van der Waals surface area contributed by atoms with Gasteiger partial charge in [-0.25, -0.2) is 4.79 Å². The summed E-state index contributed by atoms with van der Waals surface area (Å²) in [5.74, 6) is -1.01. The van der Waals surface area contributed by atoms with Crippen molar-refractivity contribution in [3.63, 3.8) is 0 Å². The average molecular weight is 318 g/mol. The van der Waals surface area contributed by atoms with Crippen molar-refractivity contribution in [1.29, 1.82) is 0 Å². The number of carboxylic acids is 1. The van der Waals surface area contributed by atoms with Crippen molar-refractivity contribution in [2.24, 2.45) is 0 Å². The van der Waals surface area contributed by atoms with E-state index in [9.17, 15) is 4.79 Å². The highest BCUT2D eigenvalue weighted by Gasteiger charge is 2.10. The smallest absolute Gasteiger partial charge is 0.337 e. The lowest BCUT2D eigenvalue weighted by Gasteiger charge is -2.01. The molecule has 0 amide bonds. The summed E-state index contributed by atoms with van der Waals surface area (Å²) in [7, 11) is 0. The number of hydrogen-bond donors (Lipinski definition) is 1. The Bertz CT molecular complexity index is 551. The van der Waals surface area contributed by atoms with Crippen molar-refractivity contribution in [3.05, 3.63) is 44.7 Å². The molecular formula is C11H6BrClO2S. The SMILES string of the molecule is O=C(O)c1ccc(-c2cc(Br)cs2)cc1Cl. The predicted molar refractivity (Wildman–Crippen MR) is 69.4 cm³/mol. The fourth-order valence-electron chi connectivity index (χ4n) is 1.31. The zero-order chi connectivity index (χ0) is 11.7. The second-order valence-corrected chi connectivity index (χ2v) is 5.36. The molecule has 0 saturated heterocycles. The number of thiophene rings is 1. The molecule has 0 radical (unpaired) electrons. The van der Waals surface area contributed by atoms with Crippen molar-refractivity contribution in [2.45, 2.75) is 0 Å². The molecule has 2 nitrogen and oxygen atoms in total. The topological polar surface area (TPSA) is 37.3 Å². The van der Waals surface area contributed by atoms with Crippen LogP contribution < -0.4 is 0 Å². The van der Waals surface area contributed by atoms with Crippen molar-refractivity contribution < 1.29 is 9.90 Å². The van der Waals surface area contributed by atoms with Crippen LogP contribution in [-0.2, 0) is 0 Å². The summed E-state index contributed by atoms with van der Waals surface area (Å²) in [5, 5.41) is 11.1. The van der Waals surface area contributed by atoms with Gasteiger partial charge in [0.05, 0.1) is 10.6 Å². The van der Waals surface area contributed by atoms with E-state index in [2.05, 4.69) is 15.9 Å². The number of benzene rings is 1.